The molecule has 0 radical (unpaired) electrons. The summed E-state index contributed by atoms with van der Waals surface area (Å²) in [4.78, 5) is 23.6. The van der Waals surface area contributed by atoms with Gasteiger partial charge >= 0.3 is 0 Å². The fourth-order valence-electron chi connectivity index (χ4n) is 2.43. The predicted octanol–water partition coefficient (Wildman–Crippen LogP) is 3.74. The van der Waals surface area contributed by atoms with Crippen molar-refractivity contribution in [3.63, 3.8) is 0 Å². The van der Waals surface area contributed by atoms with E-state index in [4.69, 9.17) is 37.4 Å². The van der Waals surface area contributed by atoms with E-state index in [-0.39, 0.29) is 19.1 Å². The number of carbonyl (C=O) groups is 2. The number of ether oxygens (including phenoxy) is 3. The number of hydrazine groups is 1. The molecule has 0 aliphatic carbocycles. The Morgan fingerprint density at radius 2 is 1.90 bits per heavy atom. The summed E-state index contributed by atoms with van der Waals surface area (Å²) in [5, 5.41) is 0.925. The molecule has 2 amide bonds. The van der Waals surface area contributed by atoms with Crippen LogP contribution in [0.4, 0.5) is 0 Å². The Hall–Kier alpha value is -2.90. The van der Waals surface area contributed by atoms with E-state index >= 15 is 0 Å². The van der Waals surface area contributed by atoms with Gasteiger partial charge in [0.25, 0.3) is 5.91 Å². The highest BCUT2D eigenvalue weighted by molar-refractivity contribution is 6.35. The van der Waals surface area contributed by atoms with Crippen molar-refractivity contribution in [2.45, 2.75) is 12.8 Å². The molecule has 0 saturated carbocycles. The SMILES string of the molecule is O=C(/C=C/c1ccc2c(c1)OCO2)NNC(=O)CCCOc1ccc(Cl)cc1Cl. The van der Waals surface area contributed by atoms with Crippen molar-refractivity contribution in [3.8, 4) is 17.2 Å². The number of fused-ring (bicyclic) bond motifs is 1. The van der Waals surface area contributed by atoms with Crippen LogP contribution in [-0.4, -0.2) is 25.2 Å². The molecule has 152 valence electrons. The van der Waals surface area contributed by atoms with Crippen LogP contribution in [0.5, 0.6) is 17.2 Å². The monoisotopic (exact) mass is 436 g/mol. The van der Waals surface area contributed by atoms with E-state index in [1.807, 2.05) is 0 Å². The van der Waals surface area contributed by atoms with Gasteiger partial charge in [0.2, 0.25) is 12.7 Å². The van der Waals surface area contributed by atoms with Gasteiger partial charge in [-0.2, -0.15) is 0 Å². The number of benzene rings is 2. The Bertz CT molecular complexity index is 933. The first-order chi connectivity index (χ1) is 14.0. The Balaban J connectivity index is 1.34. The normalized spacial score (nSPS) is 12.1. The molecule has 7 nitrogen and oxygen atoms in total. The zero-order valence-corrected chi connectivity index (χ0v) is 16.8. The molecule has 1 aliphatic rings. The van der Waals surface area contributed by atoms with Gasteiger partial charge in [0.1, 0.15) is 5.75 Å². The van der Waals surface area contributed by atoms with Gasteiger partial charge in [-0.1, -0.05) is 29.3 Å². The first-order valence-electron chi connectivity index (χ1n) is 8.75. The van der Waals surface area contributed by atoms with Crippen LogP contribution in [0.1, 0.15) is 18.4 Å². The van der Waals surface area contributed by atoms with Gasteiger partial charge in [0.15, 0.2) is 11.5 Å². The Labute approximate surface area is 177 Å². The van der Waals surface area contributed by atoms with Crippen molar-refractivity contribution < 1.29 is 23.8 Å². The molecule has 0 unspecified atom stereocenters. The molecule has 3 rings (SSSR count). The average molecular weight is 437 g/mol. The maximum Gasteiger partial charge on any atom is 0.262 e. The number of amides is 2. The van der Waals surface area contributed by atoms with E-state index < -0.39 is 5.91 Å². The molecule has 1 aliphatic heterocycles. The third-order valence-corrected chi connectivity index (χ3v) is 4.38. The minimum atomic E-state index is -0.458. The number of rotatable bonds is 7. The van der Waals surface area contributed by atoms with Crippen LogP contribution in [0.2, 0.25) is 10.0 Å². The lowest BCUT2D eigenvalue weighted by Crippen LogP contribution is -2.40. The number of carbonyl (C=O) groups excluding carboxylic acids is 2. The van der Waals surface area contributed by atoms with Gasteiger partial charge in [0, 0.05) is 17.5 Å². The smallest absolute Gasteiger partial charge is 0.262 e. The van der Waals surface area contributed by atoms with Crippen LogP contribution in [0.25, 0.3) is 6.08 Å². The Kier molecular flexibility index (Phi) is 7.21. The number of hydrogen-bond acceptors (Lipinski definition) is 5. The minimum Gasteiger partial charge on any atom is -0.492 e. The lowest BCUT2D eigenvalue weighted by atomic mass is 10.2. The molecule has 0 saturated heterocycles. The molecule has 2 N–H and O–H groups in total. The van der Waals surface area contributed by atoms with Crippen LogP contribution in [-0.2, 0) is 9.59 Å². The lowest BCUT2D eigenvalue weighted by molar-refractivity contribution is -0.126. The summed E-state index contributed by atoms with van der Waals surface area (Å²) in [6.07, 6.45) is 3.54. The second-order valence-corrected chi connectivity index (χ2v) is 6.85. The lowest BCUT2D eigenvalue weighted by Gasteiger charge is -2.08. The van der Waals surface area contributed by atoms with Crippen LogP contribution in [0.3, 0.4) is 0 Å². The van der Waals surface area contributed by atoms with Crippen LogP contribution in [0, 0.1) is 0 Å². The fourth-order valence-corrected chi connectivity index (χ4v) is 2.89. The van der Waals surface area contributed by atoms with E-state index in [9.17, 15) is 9.59 Å². The Morgan fingerprint density at radius 3 is 2.72 bits per heavy atom. The average Bonchev–Trinajstić information content (AvgIpc) is 3.17. The Morgan fingerprint density at radius 1 is 1.07 bits per heavy atom. The topological polar surface area (TPSA) is 85.9 Å². The van der Waals surface area contributed by atoms with E-state index in [1.165, 1.54) is 6.08 Å². The van der Waals surface area contributed by atoms with Crippen molar-refractivity contribution in [2.24, 2.45) is 0 Å². The molecule has 0 bridgehead atoms. The summed E-state index contributed by atoms with van der Waals surface area (Å²) in [6, 6.07) is 10.2. The standard InChI is InChI=1S/C20H18Cl2N2O5/c21-14-5-7-16(15(22)11-14)27-9-1-2-19(25)23-24-20(26)8-4-13-3-6-17-18(10-13)29-12-28-17/h3-8,10-11H,1-2,9,12H2,(H,23,25)(H,24,26)/b8-4+. The summed E-state index contributed by atoms with van der Waals surface area (Å²) >= 11 is 11.8. The van der Waals surface area contributed by atoms with E-state index in [1.54, 1.807) is 42.5 Å². The van der Waals surface area contributed by atoms with Gasteiger partial charge in [-0.05, 0) is 48.4 Å². The van der Waals surface area contributed by atoms with Crippen molar-refractivity contribution in [2.75, 3.05) is 13.4 Å². The van der Waals surface area contributed by atoms with Gasteiger partial charge < -0.3 is 14.2 Å². The zero-order chi connectivity index (χ0) is 20.6. The van der Waals surface area contributed by atoms with Crippen molar-refractivity contribution in [1.82, 2.24) is 10.9 Å². The van der Waals surface area contributed by atoms with Crippen molar-refractivity contribution >= 4 is 41.1 Å². The number of hydrogen-bond donors (Lipinski definition) is 2. The third-order valence-electron chi connectivity index (χ3n) is 3.85. The zero-order valence-electron chi connectivity index (χ0n) is 15.2. The van der Waals surface area contributed by atoms with Crippen LogP contribution < -0.4 is 25.1 Å². The first-order valence-corrected chi connectivity index (χ1v) is 9.51. The second kappa shape index (κ2) is 10.0. The largest absolute Gasteiger partial charge is 0.492 e. The molecule has 2 aromatic carbocycles. The molecule has 0 atom stereocenters. The maximum atomic E-state index is 11.8. The molecular formula is C20H18Cl2N2O5. The second-order valence-electron chi connectivity index (χ2n) is 6.01. The molecule has 0 aromatic heterocycles. The third kappa shape index (κ3) is 6.30. The molecule has 2 aromatic rings. The molecule has 1 heterocycles. The number of halogens is 2. The summed E-state index contributed by atoms with van der Waals surface area (Å²) in [7, 11) is 0. The highest BCUT2D eigenvalue weighted by Crippen LogP contribution is 2.32. The van der Waals surface area contributed by atoms with Crippen molar-refractivity contribution in [1.29, 1.82) is 0 Å². The van der Waals surface area contributed by atoms with Gasteiger partial charge in [-0.15, -0.1) is 0 Å². The fraction of sp³-hybridized carbons (Fsp3) is 0.200. The summed E-state index contributed by atoms with van der Waals surface area (Å²) in [6.45, 7) is 0.486. The molecule has 0 spiro atoms. The summed E-state index contributed by atoms with van der Waals surface area (Å²) in [5.41, 5.74) is 5.44. The predicted molar refractivity (Wildman–Crippen MR) is 109 cm³/mol. The van der Waals surface area contributed by atoms with Gasteiger partial charge in [-0.25, -0.2) is 0 Å². The molecule has 0 fully saturated rings. The molecular weight excluding hydrogens is 419 g/mol. The van der Waals surface area contributed by atoms with Crippen LogP contribution in [0.15, 0.2) is 42.5 Å². The maximum absolute atomic E-state index is 11.8. The summed E-state index contributed by atoms with van der Waals surface area (Å²) < 4.78 is 16.0. The van der Waals surface area contributed by atoms with Gasteiger partial charge in [-0.3, -0.25) is 20.4 Å². The quantitative estimate of drug-likeness (QED) is 0.392. The number of nitrogens with one attached hydrogen (secondary N) is 2. The van der Waals surface area contributed by atoms with E-state index in [0.717, 1.165) is 5.56 Å². The highest BCUT2D eigenvalue weighted by Gasteiger charge is 2.12. The first kappa shape index (κ1) is 20.8. The summed E-state index contributed by atoms with van der Waals surface area (Å²) in [5.74, 6) is 1.00. The van der Waals surface area contributed by atoms with E-state index in [2.05, 4.69) is 10.9 Å². The molecule has 9 heteroatoms. The van der Waals surface area contributed by atoms with Gasteiger partial charge in [0.05, 0.1) is 11.6 Å². The highest BCUT2D eigenvalue weighted by atomic mass is 35.5. The van der Waals surface area contributed by atoms with Crippen molar-refractivity contribution in [3.05, 3.63) is 58.1 Å². The van der Waals surface area contributed by atoms with E-state index in [0.29, 0.717) is 40.3 Å². The minimum absolute atomic E-state index is 0.178. The van der Waals surface area contributed by atoms with Crippen LogP contribution >= 0.6 is 23.2 Å². The molecule has 29 heavy (non-hydrogen) atoms.